The Kier molecular flexibility index (Phi) is 5.72. The summed E-state index contributed by atoms with van der Waals surface area (Å²) in [5.41, 5.74) is 2.22. The summed E-state index contributed by atoms with van der Waals surface area (Å²) in [6.07, 6.45) is 6.67. The average molecular weight is 422 g/mol. The van der Waals surface area contributed by atoms with Crippen LogP contribution in [0.2, 0.25) is 0 Å². The van der Waals surface area contributed by atoms with Crippen LogP contribution >= 0.6 is 11.3 Å². The first-order valence-electron chi connectivity index (χ1n) is 9.46. The fraction of sp³-hybridized carbons (Fsp3) is 0.174. The van der Waals surface area contributed by atoms with Crippen molar-refractivity contribution in [3.05, 3.63) is 76.7 Å². The number of ether oxygens (including phenoxy) is 1. The van der Waals surface area contributed by atoms with Gasteiger partial charge in [-0.25, -0.2) is 4.39 Å². The predicted octanol–water partition coefficient (Wildman–Crippen LogP) is 4.28. The second kappa shape index (κ2) is 8.59. The maximum atomic E-state index is 14.2. The number of thiophene rings is 1. The molecule has 7 heteroatoms. The number of hydrogen-bond donors (Lipinski definition) is 1. The molecule has 0 spiro atoms. The Morgan fingerprint density at radius 2 is 2.20 bits per heavy atom. The van der Waals surface area contributed by atoms with Crippen LogP contribution in [-0.2, 0) is 11.2 Å². The molecule has 152 valence electrons. The minimum absolute atomic E-state index is 0.0276. The Balaban J connectivity index is 1.43. The van der Waals surface area contributed by atoms with Crippen molar-refractivity contribution < 1.29 is 18.7 Å². The Morgan fingerprint density at radius 3 is 2.93 bits per heavy atom. The molecule has 0 saturated carbocycles. The number of hydrogen-bond acceptors (Lipinski definition) is 5. The minimum Gasteiger partial charge on any atom is -0.487 e. The molecule has 3 aromatic rings. The number of ketones is 1. The fourth-order valence-corrected chi connectivity index (χ4v) is 4.20. The van der Waals surface area contributed by atoms with Crippen molar-refractivity contribution in [1.29, 1.82) is 0 Å². The molecule has 1 amide bonds. The van der Waals surface area contributed by atoms with Gasteiger partial charge in [0.1, 0.15) is 17.7 Å². The second-order valence-corrected chi connectivity index (χ2v) is 8.05. The standard InChI is InChI=1S/C23H19FN2O3S/c1-14(27)20-5-6-21(30-20)19-11-17(24)9-16-10-18(29-23(16)19)13-26-22(28)7-4-15-3-2-8-25-12-15/h2-9,11-12,18H,10,13H2,1H3,(H,26,28)/b7-4+/t18-/m1/s1. The molecule has 0 bridgehead atoms. The largest absolute Gasteiger partial charge is 0.487 e. The lowest BCUT2D eigenvalue weighted by Gasteiger charge is -2.12. The molecule has 1 aliphatic rings. The molecule has 4 rings (SSSR count). The summed E-state index contributed by atoms with van der Waals surface area (Å²) in [5.74, 6) is -0.0120. The van der Waals surface area contributed by atoms with E-state index < -0.39 is 0 Å². The van der Waals surface area contributed by atoms with Gasteiger partial charge in [0.2, 0.25) is 5.91 Å². The highest BCUT2D eigenvalue weighted by Gasteiger charge is 2.27. The molecule has 0 aliphatic carbocycles. The van der Waals surface area contributed by atoms with Gasteiger partial charge >= 0.3 is 0 Å². The Morgan fingerprint density at radius 1 is 1.33 bits per heavy atom. The number of carbonyl (C=O) groups is 2. The molecule has 0 saturated heterocycles. The highest BCUT2D eigenvalue weighted by molar-refractivity contribution is 7.17. The summed E-state index contributed by atoms with van der Waals surface area (Å²) < 4.78 is 20.2. The molecule has 0 fully saturated rings. The molecule has 1 aromatic carbocycles. The van der Waals surface area contributed by atoms with Crippen LogP contribution in [0.5, 0.6) is 5.75 Å². The number of amides is 1. The van der Waals surface area contributed by atoms with E-state index in [0.717, 1.165) is 16.0 Å². The monoisotopic (exact) mass is 422 g/mol. The number of halogens is 1. The lowest BCUT2D eigenvalue weighted by Crippen LogP contribution is -2.33. The quantitative estimate of drug-likeness (QED) is 0.475. The lowest BCUT2D eigenvalue weighted by molar-refractivity contribution is -0.116. The average Bonchev–Trinajstić information content (AvgIpc) is 3.38. The predicted molar refractivity (Wildman–Crippen MR) is 114 cm³/mol. The normalized spacial score (nSPS) is 15.1. The second-order valence-electron chi connectivity index (χ2n) is 6.97. The summed E-state index contributed by atoms with van der Waals surface area (Å²) in [5, 5.41) is 2.82. The summed E-state index contributed by atoms with van der Waals surface area (Å²) in [6.45, 7) is 1.80. The molecule has 0 radical (unpaired) electrons. The van der Waals surface area contributed by atoms with E-state index in [1.54, 1.807) is 36.7 Å². The number of nitrogens with zero attached hydrogens (tertiary/aromatic N) is 1. The van der Waals surface area contributed by atoms with Crippen LogP contribution in [0.15, 0.2) is 54.9 Å². The molecular formula is C23H19FN2O3S. The number of fused-ring (bicyclic) bond motifs is 1. The van der Waals surface area contributed by atoms with Crippen LogP contribution in [0.1, 0.15) is 27.7 Å². The van der Waals surface area contributed by atoms with Crippen molar-refractivity contribution in [1.82, 2.24) is 10.3 Å². The van der Waals surface area contributed by atoms with Gasteiger partial charge in [-0.1, -0.05) is 6.07 Å². The summed E-state index contributed by atoms with van der Waals surface area (Å²) in [7, 11) is 0. The first-order valence-corrected chi connectivity index (χ1v) is 10.3. The minimum atomic E-state index is -0.353. The van der Waals surface area contributed by atoms with E-state index in [0.29, 0.717) is 29.2 Å². The third-order valence-corrected chi connectivity index (χ3v) is 5.92. The van der Waals surface area contributed by atoms with Crippen molar-refractivity contribution in [3.8, 4) is 16.2 Å². The number of rotatable bonds is 6. The molecule has 1 aliphatic heterocycles. The molecular weight excluding hydrogens is 403 g/mol. The summed E-state index contributed by atoms with van der Waals surface area (Å²) >= 11 is 1.31. The van der Waals surface area contributed by atoms with Crippen LogP contribution in [0, 0.1) is 5.82 Å². The Labute approximate surface area is 177 Å². The molecule has 1 atom stereocenters. The van der Waals surface area contributed by atoms with Crippen LogP contribution in [-0.4, -0.2) is 29.3 Å². The van der Waals surface area contributed by atoms with Gasteiger partial charge in [-0.3, -0.25) is 14.6 Å². The summed E-state index contributed by atoms with van der Waals surface area (Å²) in [6, 6.07) is 10.1. The van der Waals surface area contributed by atoms with E-state index in [4.69, 9.17) is 4.74 Å². The van der Waals surface area contributed by atoms with Crippen molar-refractivity contribution >= 4 is 29.1 Å². The highest BCUT2D eigenvalue weighted by Crippen LogP contribution is 2.42. The van der Waals surface area contributed by atoms with Gasteiger partial charge in [0, 0.05) is 40.9 Å². The SMILES string of the molecule is CC(=O)c1ccc(-c2cc(F)cc3c2O[C@@H](CNC(=O)/C=C/c2cccnc2)C3)s1. The maximum absolute atomic E-state index is 14.2. The molecule has 3 heterocycles. The smallest absolute Gasteiger partial charge is 0.244 e. The first-order chi connectivity index (χ1) is 14.5. The molecule has 0 unspecified atom stereocenters. The zero-order valence-corrected chi connectivity index (χ0v) is 17.0. The van der Waals surface area contributed by atoms with Crippen molar-refractivity contribution in [2.75, 3.05) is 6.54 Å². The van der Waals surface area contributed by atoms with E-state index in [2.05, 4.69) is 10.3 Å². The maximum Gasteiger partial charge on any atom is 0.244 e. The lowest BCUT2D eigenvalue weighted by atomic mass is 10.0. The van der Waals surface area contributed by atoms with Crippen molar-refractivity contribution in [2.24, 2.45) is 0 Å². The van der Waals surface area contributed by atoms with Crippen LogP contribution in [0.4, 0.5) is 4.39 Å². The fourth-order valence-electron chi connectivity index (χ4n) is 3.28. The molecule has 1 N–H and O–H groups in total. The van der Waals surface area contributed by atoms with Crippen LogP contribution in [0.25, 0.3) is 16.5 Å². The number of benzene rings is 1. The van der Waals surface area contributed by atoms with Gasteiger partial charge in [0.15, 0.2) is 5.78 Å². The van der Waals surface area contributed by atoms with Gasteiger partial charge in [0.25, 0.3) is 0 Å². The Hall–Kier alpha value is -3.32. The van der Waals surface area contributed by atoms with Crippen LogP contribution < -0.4 is 10.1 Å². The van der Waals surface area contributed by atoms with Crippen molar-refractivity contribution in [2.45, 2.75) is 19.4 Å². The Bertz CT molecular complexity index is 1120. The van der Waals surface area contributed by atoms with Gasteiger partial charge in [0.05, 0.1) is 11.4 Å². The van der Waals surface area contributed by atoms with Gasteiger partial charge in [-0.15, -0.1) is 11.3 Å². The molecule has 30 heavy (non-hydrogen) atoms. The van der Waals surface area contributed by atoms with E-state index in [1.807, 2.05) is 6.07 Å². The van der Waals surface area contributed by atoms with Crippen molar-refractivity contribution in [3.63, 3.8) is 0 Å². The molecule has 5 nitrogen and oxygen atoms in total. The topological polar surface area (TPSA) is 68.3 Å². The van der Waals surface area contributed by atoms with E-state index >= 15 is 0 Å². The zero-order chi connectivity index (χ0) is 21.1. The third kappa shape index (κ3) is 4.46. The summed E-state index contributed by atoms with van der Waals surface area (Å²) in [4.78, 5) is 29.1. The first kappa shape index (κ1) is 20.0. The van der Waals surface area contributed by atoms with Gasteiger partial charge in [-0.2, -0.15) is 0 Å². The van der Waals surface area contributed by atoms with E-state index in [-0.39, 0.29) is 23.6 Å². The number of nitrogens with one attached hydrogen (secondary N) is 1. The van der Waals surface area contributed by atoms with E-state index in [1.165, 1.54) is 36.5 Å². The number of aromatic nitrogens is 1. The number of carbonyl (C=O) groups excluding carboxylic acids is 2. The molecule has 2 aromatic heterocycles. The third-order valence-electron chi connectivity index (χ3n) is 4.70. The van der Waals surface area contributed by atoms with Gasteiger partial charge < -0.3 is 10.1 Å². The number of pyridine rings is 1. The highest BCUT2D eigenvalue weighted by atomic mass is 32.1. The zero-order valence-electron chi connectivity index (χ0n) is 16.2. The van der Waals surface area contributed by atoms with Gasteiger partial charge in [-0.05, 0) is 48.9 Å². The van der Waals surface area contributed by atoms with Crippen LogP contribution in [0.3, 0.4) is 0 Å². The number of Topliss-reactive ketones (excluding diaryl/α,β-unsaturated/α-hetero) is 1. The van der Waals surface area contributed by atoms with E-state index in [9.17, 15) is 14.0 Å².